The number of aromatic nitrogens is 2. The van der Waals surface area contributed by atoms with Crippen LogP contribution in [0.1, 0.15) is 29.9 Å². The molecule has 2 aromatic rings. The Morgan fingerprint density at radius 2 is 2.09 bits per heavy atom. The van der Waals surface area contributed by atoms with Crippen LogP contribution in [0, 0.1) is 18.7 Å². The highest BCUT2D eigenvalue weighted by atomic mass is 19.1. The number of carbonyl (C=O) groups excluding carboxylic acids is 1. The van der Waals surface area contributed by atoms with Crippen LogP contribution in [-0.4, -0.2) is 22.0 Å². The number of hydrogen-bond donors (Lipinski definition) is 1. The summed E-state index contributed by atoms with van der Waals surface area (Å²) < 4.78 is 15.1. The molecule has 1 aliphatic carbocycles. The van der Waals surface area contributed by atoms with Crippen LogP contribution in [0.25, 0.3) is 0 Å². The maximum absolute atomic E-state index is 13.0. The summed E-state index contributed by atoms with van der Waals surface area (Å²) in [5.74, 6) is 1.11. The van der Waals surface area contributed by atoms with E-state index in [-0.39, 0.29) is 17.6 Å². The van der Waals surface area contributed by atoms with Crippen molar-refractivity contribution in [3.63, 3.8) is 0 Å². The van der Waals surface area contributed by atoms with Crippen molar-refractivity contribution in [2.24, 2.45) is 5.92 Å². The van der Waals surface area contributed by atoms with E-state index in [2.05, 4.69) is 14.9 Å². The summed E-state index contributed by atoms with van der Waals surface area (Å²) in [6.45, 7) is 3.27. The fourth-order valence-corrected chi connectivity index (χ4v) is 2.49. The van der Waals surface area contributed by atoms with Crippen LogP contribution < -0.4 is 5.32 Å². The van der Waals surface area contributed by atoms with Crippen molar-refractivity contribution in [1.82, 2.24) is 14.9 Å². The zero-order valence-electron chi connectivity index (χ0n) is 12.7. The van der Waals surface area contributed by atoms with Gasteiger partial charge in [-0.3, -0.25) is 4.79 Å². The summed E-state index contributed by atoms with van der Waals surface area (Å²) in [5, 5.41) is 2.96. The van der Waals surface area contributed by atoms with Gasteiger partial charge in [-0.25, -0.2) is 9.37 Å². The van der Waals surface area contributed by atoms with Gasteiger partial charge in [0.25, 0.3) is 0 Å². The standard InChI is InChI=1S/C17H20FN3O/c1-12-10-20-16(8-9-19-17(22)14-4-5-14)21(12)11-13-2-6-15(18)7-3-13/h2-3,6-7,10,14H,4-5,8-9,11H2,1H3,(H,19,22). The predicted molar refractivity (Wildman–Crippen MR) is 81.9 cm³/mol. The normalized spacial score (nSPS) is 14.1. The highest BCUT2D eigenvalue weighted by molar-refractivity contribution is 5.80. The first kappa shape index (κ1) is 14.8. The van der Waals surface area contributed by atoms with Gasteiger partial charge >= 0.3 is 0 Å². The molecule has 0 unspecified atom stereocenters. The predicted octanol–water partition coefficient (Wildman–Crippen LogP) is 2.45. The minimum Gasteiger partial charge on any atom is -0.355 e. The van der Waals surface area contributed by atoms with Gasteiger partial charge in [-0.1, -0.05) is 12.1 Å². The summed E-state index contributed by atoms with van der Waals surface area (Å²) in [5.41, 5.74) is 2.10. The van der Waals surface area contributed by atoms with Gasteiger partial charge in [-0.05, 0) is 37.5 Å². The average Bonchev–Trinajstić information content (AvgIpc) is 3.30. The van der Waals surface area contributed by atoms with Crippen molar-refractivity contribution < 1.29 is 9.18 Å². The lowest BCUT2D eigenvalue weighted by Crippen LogP contribution is -2.27. The third kappa shape index (κ3) is 3.53. The van der Waals surface area contributed by atoms with Crippen molar-refractivity contribution in [2.75, 3.05) is 6.54 Å². The number of nitrogens with one attached hydrogen (secondary N) is 1. The van der Waals surface area contributed by atoms with Crippen LogP contribution in [0.15, 0.2) is 30.5 Å². The Hall–Kier alpha value is -2.17. The molecule has 3 rings (SSSR count). The molecule has 0 saturated heterocycles. The molecule has 1 saturated carbocycles. The lowest BCUT2D eigenvalue weighted by atomic mass is 10.2. The van der Waals surface area contributed by atoms with Crippen LogP contribution in [0.2, 0.25) is 0 Å². The summed E-state index contributed by atoms with van der Waals surface area (Å²) >= 11 is 0. The molecule has 1 aromatic heterocycles. The monoisotopic (exact) mass is 301 g/mol. The van der Waals surface area contributed by atoms with Crippen molar-refractivity contribution in [3.05, 3.63) is 53.4 Å². The van der Waals surface area contributed by atoms with Gasteiger partial charge in [-0.15, -0.1) is 0 Å². The Morgan fingerprint density at radius 3 is 2.77 bits per heavy atom. The number of amides is 1. The van der Waals surface area contributed by atoms with Crippen LogP contribution in [-0.2, 0) is 17.8 Å². The average molecular weight is 301 g/mol. The molecule has 0 aliphatic heterocycles. The molecular formula is C17H20FN3O. The molecule has 1 aromatic carbocycles. The Bertz CT molecular complexity index is 659. The van der Waals surface area contributed by atoms with Crippen LogP contribution >= 0.6 is 0 Å². The second kappa shape index (κ2) is 6.30. The molecule has 1 fully saturated rings. The smallest absolute Gasteiger partial charge is 0.223 e. The first-order valence-electron chi connectivity index (χ1n) is 7.66. The number of halogens is 1. The van der Waals surface area contributed by atoms with E-state index in [1.54, 1.807) is 12.1 Å². The Morgan fingerprint density at radius 1 is 1.36 bits per heavy atom. The molecule has 1 N–H and O–H groups in total. The number of nitrogens with zero attached hydrogens (tertiary/aromatic N) is 2. The molecule has 1 aliphatic rings. The van der Waals surface area contributed by atoms with E-state index in [9.17, 15) is 9.18 Å². The van der Waals surface area contributed by atoms with E-state index in [0.717, 1.165) is 29.9 Å². The third-order valence-electron chi connectivity index (χ3n) is 3.99. The highest BCUT2D eigenvalue weighted by Crippen LogP contribution is 2.28. The van der Waals surface area contributed by atoms with Crippen molar-refractivity contribution in [2.45, 2.75) is 32.7 Å². The zero-order valence-corrected chi connectivity index (χ0v) is 12.7. The van der Waals surface area contributed by atoms with E-state index >= 15 is 0 Å². The molecule has 116 valence electrons. The summed E-state index contributed by atoms with van der Waals surface area (Å²) in [7, 11) is 0. The fourth-order valence-electron chi connectivity index (χ4n) is 2.49. The molecule has 22 heavy (non-hydrogen) atoms. The van der Waals surface area contributed by atoms with Gasteiger partial charge in [0.05, 0.1) is 0 Å². The fraction of sp³-hybridized carbons (Fsp3) is 0.412. The van der Waals surface area contributed by atoms with E-state index in [1.807, 2.05) is 13.1 Å². The lowest BCUT2D eigenvalue weighted by Gasteiger charge is -2.11. The van der Waals surface area contributed by atoms with Gasteiger partial charge < -0.3 is 9.88 Å². The maximum atomic E-state index is 13.0. The molecule has 0 atom stereocenters. The van der Waals surface area contributed by atoms with Gasteiger partial charge in [0.2, 0.25) is 5.91 Å². The second-order valence-corrected chi connectivity index (χ2v) is 5.84. The van der Waals surface area contributed by atoms with Crippen molar-refractivity contribution in [3.8, 4) is 0 Å². The van der Waals surface area contributed by atoms with Crippen molar-refractivity contribution in [1.29, 1.82) is 0 Å². The largest absolute Gasteiger partial charge is 0.355 e. The third-order valence-corrected chi connectivity index (χ3v) is 3.99. The SMILES string of the molecule is Cc1cnc(CCNC(=O)C2CC2)n1Cc1ccc(F)cc1. The molecule has 0 radical (unpaired) electrons. The molecular weight excluding hydrogens is 281 g/mol. The highest BCUT2D eigenvalue weighted by Gasteiger charge is 2.29. The zero-order chi connectivity index (χ0) is 15.5. The van der Waals surface area contributed by atoms with Crippen LogP contribution in [0.5, 0.6) is 0 Å². The molecule has 5 heteroatoms. The first-order chi connectivity index (χ1) is 10.6. The maximum Gasteiger partial charge on any atom is 0.223 e. The van der Waals surface area contributed by atoms with Gasteiger partial charge in [0.1, 0.15) is 11.6 Å². The summed E-state index contributed by atoms with van der Waals surface area (Å²) in [6, 6.07) is 6.51. The molecule has 1 amide bonds. The van der Waals surface area contributed by atoms with Gasteiger partial charge in [0, 0.05) is 37.3 Å². The van der Waals surface area contributed by atoms with Crippen LogP contribution in [0.3, 0.4) is 0 Å². The number of imidazole rings is 1. The van der Waals surface area contributed by atoms with E-state index < -0.39 is 0 Å². The quantitative estimate of drug-likeness (QED) is 0.891. The summed E-state index contributed by atoms with van der Waals surface area (Å²) in [4.78, 5) is 16.1. The van der Waals surface area contributed by atoms with Crippen LogP contribution in [0.4, 0.5) is 4.39 Å². The van der Waals surface area contributed by atoms with E-state index in [1.165, 1.54) is 12.1 Å². The number of benzene rings is 1. The minimum absolute atomic E-state index is 0.161. The molecule has 0 spiro atoms. The first-order valence-corrected chi connectivity index (χ1v) is 7.66. The number of aryl methyl sites for hydroxylation is 1. The number of rotatable bonds is 6. The van der Waals surface area contributed by atoms with Crippen molar-refractivity contribution >= 4 is 5.91 Å². The van der Waals surface area contributed by atoms with Gasteiger partial charge in [0.15, 0.2) is 0 Å². The Kier molecular flexibility index (Phi) is 4.22. The molecule has 4 nitrogen and oxygen atoms in total. The molecule has 1 heterocycles. The topological polar surface area (TPSA) is 46.9 Å². The minimum atomic E-state index is -0.228. The Balaban J connectivity index is 1.62. The molecule has 0 bridgehead atoms. The summed E-state index contributed by atoms with van der Waals surface area (Å²) in [6.07, 6.45) is 4.57. The lowest BCUT2D eigenvalue weighted by molar-refractivity contribution is -0.122. The van der Waals surface area contributed by atoms with E-state index in [0.29, 0.717) is 19.5 Å². The number of hydrogen-bond acceptors (Lipinski definition) is 2. The van der Waals surface area contributed by atoms with Gasteiger partial charge in [-0.2, -0.15) is 0 Å². The Labute approximate surface area is 129 Å². The van der Waals surface area contributed by atoms with E-state index in [4.69, 9.17) is 0 Å². The number of carbonyl (C=O) groups is 1. The second-order valence-electron chi connectivity index (χ2n) is 5.84.